The number of rotatable bonds is 9. The third kappa shape index (κ3) is 5.46. The van der Waals surface area contributed by atoms with Gasteiger partial charge in [0.1, 0.15) is 11.3 Å². The molecule has 2 N–H and O–H groups in total. The van der Waals surface area contributed by atoms with Crippen LogP contribution in [0.2, 0.25) is 0 Å². The summed E-state index contributed by atoms with van der Waals surface area (Å²) in [6.07, 6.45) is 0.717. The Morgan fingerprint density at radius 2 is 1.95 bits per heavy atom. The van der Waals surface area contributed by atoms with Crippen molar-refractivity contribution in [2.75, 3.05) is 46.4 Å². The number of nitrogen functional groups attached to an aromatic ring is 1. The van der Waals surface area contributed by atoms with Gasteiger partial charge in [-0.1, -0.05) is 0 Å². The van der Waals surface area contributed by atoms with Gasteiger partial charge in [0, 0.05) is 25.8 Å². The van der Waals surface area contributed by atoms with Gasteiger partial charge in [-0.05, 0) is 18.2 Å². The Morgan fingerprint density at radius 3 is 2.65 bits per heavy atom. The second-order valence-electron chi connectivity index (χ2n) is 4.05. The molecule has 0 saturated heterocycles. The first-order chi connectivity index (χ1) is 9.69. The third-order valence-electron chi connectivity index (χ3n) is 2.53. The minimum atomic E-state index is -0.469. The van der Waals surface area contributed by atoms with Crippen molar-refractivity contribution < 1.29 is 23.7 Å². The molecule has 0 aromatic heterocycles. The van der Waals surface area contributed by atoms with E-state index in [9.17, 15) is 4.79 Å². The lowest BCUT2D eigenvalue weighted by Gasteiger charge is -2.11. The molecule has 0 saturated carbocycles. The molecule has 6 heteroatoms. The van der Waals surface area contributed by atoms with Crippen molar-refractivity contribution in [1.82, 2.24) is 0 Å². The van der Waals surface area contributed by atoms with Crippen LogP contribution in [-0.4, -0.2) is 46.6 Å². The zero-order valence-electron chi connectivity index (χ0n) is 11.9. The maximum atomic E-state index is 11.6. The highest BCUT2D eigenvalue weighted by Gasteiger charge is 2.13. The van der Waals surface area contributed by atoms with E-state index in [-0.39, 0.29) is 0 Å². The second kappa shape index (κ2) is 9.17. The molecule has 112 valence electrons. The lowest BCUT2D eigenvalue weighted by molar-refractivity contribution is 0.0589. The first-order valence-corrected chi connectivity index (χ1v) is 6.36. The number of carbonyl (C=O) groups is 1. The third-order valence-corrected chi connectivity index (χ3v) is 2.53. The van der Waals surface area contributed by atoms with Gasteiger partial charge in [-0.2, -0.15) is 0 Å². The number of anilines is 1. The number of carbonyl (C=O) groups excluding carboxylic acids is 1. The maximum Gasteiger partial charge on any atom is 0.341 e. The van der Waals surface area contributed by atoms with E-state index in [1.165, 1.54) is 13.2 Å². The molecule has 0 heterocycles. The smallest absolute Gasteiger partial charge is 0.341 e. The van der Waals surface area contributed by atoms with Gasteiger partial charge in [0.15, 0.2) is 0 Å². The SMILES string of the molecule is COCCOCCCOc1ccc(N)cc1C(=O)OC. The Morgan fingerprint density at radius 1 is 1.15 bits per heavy atom. The summed E-state index contributed by atoms with van der Waals surface area (Å²) in [5.41, 5.74) is 6.46. The quantitative estimate of drug-likeness (QED) is 0.420. The Labute approximate surface area is 118 Å². The van der Waals surface area contributed by atoms with Gasteiger partial charge in [0.25, 0.3) is 0 Å². The molecule has 6 nitrogen and oxygen atoms in total. The van der Waals surface area contributed by atoms with Crippen LogP contribution in [0.4, 0.5) is 5.69 Å². The van der Waals surface area contributed by atoms with E-state index in [0.717, 1.165) is 0 Å². The molecule has 1 aromatic carbocycles. The highest BCUT2D eigenvalue weighted by molar-refractivity contribution is 5.93. The monoisotopic (exact) mass is 283 g/mol. The Hall–Kier alpha value is -1.79. The van der Waals surface area contributed by atoms with Gasteiger partial charge in [0.05, 0.1) is 26.9 Å². The van der Waals surface area contributed by atoms with Crippen molar-refractivity contribution in [3.63, 3.8) is 0 Å². The van der Waals surface area contributed by atoms with Crippen molar-refractivity contribution in [2.45, 2.75) is 6.42 Å². The summed E-state index contributed by atoms with van der Waals surface area (Å²) in [5, 5.41) is 0. The van der Waals surface area contributed by atoms with Gasteiger partial charge >= 0.3 is 5.97 Å². The number of methoxy groups -OCH3 is 2. The van der Waals surface area contributed by atoms with E-state index in [1.807, 2.05) is 0 Å². The van der Waals surface area contributed by atoms with Crippen molar-refractivity contribution in [1.29, 1.82) is 0 Å². The second-order valence-corrected chi connectivity index (χ2v) is 4.05. The van der Waals surface area contributed by atoms with Crippen LogP contribution in [-0.2, 0) is 14.2 Å². The fourth-order valence-corrected chi connectivity index (χ4v) is 1.53. The van der Waals surface area contributed by atoms with Crippen LogP contribution in [0.1, 0.15) is 16.8 Å². The molecular weight excluding hydrogens is 262 g/mol. The van der Waals surface area contributed by atoms with E-state index >= 15 is 0 Å². The minimum Gasteiger partial charge on any atom is -0.493 e. The summed E-state index contributed by atoms with van der Waals surface area (Å²) in [4.78, 5) is 11.6. The predicted octanol–water partition coefficient (Wildman–Crippen LogP) is 1.49. The Bertz CT molecular complexity index is 422. The van der Waals surface area contributed by atoms with E-state index in [2.05, 4.69) is 0 Å². The van der Waals surface area contributed by atoms with Crippen LogP contribution in [0, 0.1) is 0 Å². The highest BCUT2D eigenvalue weighted by atomic mass is 16.5. The number of esters is 1. The Kier molecular flexibility index (Phi) is 7.46. The summed E-state index contributed by atoms with van der Waals surface area (Å²) < 4.78 is 20.4. The first kappa shape index (κ1) is 16.3. The van der Waals surface area contributed by atoms with Gasteiger partial charge < -0.3 is 24.7 Å². The number of ether oxygens (including phenoxy) is 4. The van der Waals surface area contributed by atoms with Gasteiger partial charge in [-0.25, -0.2) is 4.79 Å². The zero-order valence-corrected chi connectivity index (χ0v) is 11.9. The van der Waals surface area contributed by atoms with E-state index < -0.39 is 5.97 Å². The molecule has 1 rings (SSSR count). The average molecular weight is 283 g/mol. The van der Waals surface area contributed by atoms with E-state index in [4.69, 9.17) is 24.7 Å². The molecule has 1 aromatic rings. The van der Waals surface area contributed by atoms with Crippen LogP contribution in [0.3, 0.4) is 0 Å². The first-order valence-electron chi connectivity index (χ1n) is 6.36. The average Bonchev–Trinajstić information content (AvgIpc) is 2.46. The molecule has 0 aliphatic rings. The predicted molar refractivity (Wildman–Crippen MR) is 75.0 cm³/mol. The lowest BCUT2D eigenvalue weighted by Crippen LogP contribution is -2.10. The van der Waals surface area contributed by atoms with Crippen molar-refractivity contribution in [3.8, 4) is 5.75 Å². The van der Waals surface area contributed by atoms with Gasteiger partial charge in [0.2, 0.25) is 0 Å². The minimum absolute atomic E-state index is 0.327. The lowest BCUT2D eigenvalue weighted by atomic mass is 10.2. The van der Waals surface area contributed by atoms with Crippen LogP contribution in [0.25, 0.3) is 0 Å². The molecule has 20 heavy (non-hydrogen) atoms. The van der Waals surface area contributed by atoms with Crippen LogP contribution in [0.5, 0.6) is 5.75 Å². The van der Waals surface area contributed by atoms with Gasteiger partial charge in [-0.15, -0.1) is 0 Å². The number of hydrogen-bond donors (Lipinski definition) is 1. The van der Waals surface area contributed by atoms with Gasteiger partial charge in [-0.3, -0.25) is 0 Å². The molecule has 0 aliphatic carbocycles. The van der Waals surface area contributed by atoms with Crippen molar-refractivity contribution in [3.05, 3.63) is 23.8 Å². The molecule has 0 unspecified atom stereocenters. The highest BCUT2D eigenvalue weighted by Crippen LogP contribution is 2.22. The summed E-state index contributed by atoms with van der Waals surface area (Å²) in [6.45, 7) is 2.16. The fourth-order valence-electron chi connectivity index (χ4n) is 1.53. The Balaban J connectivity index is 2.41. The molecule has 0 atom stereocenters. The molecule has 0 amide bonds. The largest absolute Gasteiger partial charge is 0.493 e. The van der Waals surface area contributed by atoms with E-state index in [1.54, 1.807) is 19.2 Å². The molecule has 0 radical (unpaired) electrons. The van der Waals surface area contributed by atoms with Crippen LogP contribution >= 0.6 is 0 Å². The summed E-state index contributed by atoms with van der Waals surface area (Å²) in [5.74, 6) is -0.00779. The summed E-state index contributed by atoms with van der Waals surface area (Å²) in [6, 6.07) is 4.88. The molecular formula is C14H21NO5. The van der Waals surface area contributed by atoms with Crippen LogP contribution in [0.15, 0.2) is 18.2 Å². The molecule has 0 fully saturated rings. The number of benzene rings is 1. The molecule has 0 bridgehead atoms. The van der Waals surface area contributed by atoms with Crippen LogP contribution < -0.4 is 10.5 Å². The standard InChI is InChI=1S/C14H21NO5/c1-17-8-9-19-6-3-7-20-13-5-4-11(15)10-12(13)14(16)18-2/h4-5,10H,3,6-9,15H2,1-2H3. The molecule has 0 spiro atoms. The maximum absolute atomic E-state index is 11.6. The number of nitrogens with two attached hydrogens (primary N) is 1. The van der Waals surface area contributed by atoms with E-state index in [0.29, 0.717) is 49.8 Å². The molecule has 0 aliphatic heterocycles. The summed E-state index contributed by atoms with van der Waals surface area (Å²) >= 11 is 0. The zero-order chi connectivity index (χ0) is 14.8. The topological polar surface area (TPSA) is 80.0 Å². The fraction of sp³-hybridized carbons (Fsp3) is 0.500. The van der Waals surface area contributed by atoms with Crippen molar-refractivity contribution >= 4 is 11.7 Å². The normalized spacial score (nSPS) is 10.3. The van der Waals surface area contributed by atoms with Crippen molar-refractivity contribution in [2.24, 2.45) is 0 Å². The number of hydrogen-bond acceptors (Lipinski definition) is 6. The summed E-state index contributed by atoms with van der Waals surface area (Å²) in [7, 11) is 2.95.